The molecule has 17 heavy (non-hydrogen) atoms. The first-order chi connectivity index (χ1) is 8.19. The lowest BCUT2D eigenvalue weighted by atomic mass is 10.3. The van der Waals surface area contributed by atoms with Crippen LogP contribution in [0.3, 0.4) is 0 Å². The van der Waals surface area contributed by atoms with Gasteiger partial charge in [0.1, 0.15) is 10.7 Å². The van der Waals surface area contributed by atoms with Gasteiger partial charge in [0.05, 0.1) is 13.3 Å². The molecule has 1 aromatic heterocycles. The fraction of sp³-hybridized carbons (Fsp3) is 0.0909. The van der Waals surface area contributed by atoms with Gasteiger partial charge in [-0.15, -0.1) is 0 Å². The van der Waals surface area contributed by atoms with Crippen LogP contribution in [0.5, 0.6) is 0 Å². The van der Waals surface area contributed by atoms with Crippen LogP contribution in [0, 0.1) is 5.82 Å². The summed E-state index contributed by atoms with van der Waals surface area (Å²) in [5.41, 5.74) is 0.579. The van der Waals surface area contributed by atoms with Gasteiger partial charge in [-0.1, -0.05) is 17.4 Å². The van der Waals surface area contributed by atoms with Crippen LogP contribution >= 0.6 is 11.3 Å². The molecule has 0 aliphatic rings. The van der Waals surface area contributed by atoms with Crippen molar-refractivity contribution in [3.63, 3.8) is 0 Å². The first-order valence-electron chi connectivity index (χ1n) is 4.76. The molecule has 88 valence electrons. The first kappa shape index (κ1) is 11.5. The van der Waals surface area contributed by atoms with Crippen molar-refractivity contribution < 1.29 is 13.9 Å². The average molecular weight is 252 g/mol. The van der Waals surface area contributed by atoms with Crippen molar-refractivity contribution in [2.24, 2.45) is 0 Å². The number of carbonyl (C=O) groups excluding carboxylic acids is 1. The van der Waals surface area contributed by atoms with E-state index in [1.807, 2.05) is 0 Å². The van der Waals surface area contributed by atoms with Crippen LogP contribution in [0.2, 0.25) is 0 Å². The third kappa shape index (κ3) is 2.79. The van der Waals surface area contributed by atoms with Gasteiger partial charge in [-0.05, 0) is 18.2 Å². The Morgan fingerprint density at radius 1 is 1.53 bits per heavy atom. The number of nitrogens with one attached hydrogen (secondary N) is 1. The minimum Gasteiger partial charge on any atom is -0.465 e. The maximum absolute atomic E-state index is 12.9. The Balaban J connectivity index is 2.14. The Hall–Kier alpha value is -1.95. The summed E-state index contributed by atoms with van der Waals surface area (Å²) in [6.07, 6.45) is 1.41. The number of carbonyl (C=O) groups is 1. The van der Waals surface area contributed by atoms with Crippen molar-refractivity contribution in [2.75, 3.05) is 12.4 Å². The van der Waals surface area contributed by atoms with Crippen molar-refractivity contribution >= 4 is 28.1 Å². The zero-order valence-electron chi connectivity index (χ0n) is 8.94. The lowest BCUT2D eigenvalue weighted by Gasteiger charge is -2.01. The van der Waals surface area contributed by atoms with E-state index in [2.05, 4.69) is 15.0 Å². The molecule has 0 aliphatic heterocycles. The summed E-state index contributed by atoms with van der Waals surface area (Å²) in [5, 5.41) is 3.41. The van der Waals surface area contributed by atoms with Crippen LogP contribution in [-0.4, -0.2) is 18.1 Å². The topological polar surface area (TPSA) is 51.2 Å². The summed E-state index contributed by atoms with van der Waals surface area (Å²) in [6, 6.07) is 6.00. The van der Waals surface area contributed by atoms with Gasteiger partial charge >= 0.3 is 5.97 Å². The summed E-state index contributed by atoms with van der Waals surface area (Å²) < 4.78 is 17.5. The van der Waals surface area contributed by atoms with Gasteiger partial charge in [-0.2, -0.15) is 0 Å². The van der Waals surface area contributed by atoms with Gasteiger partial charge < -0.3 is 10.1 Å². The van der Waals surface area contributed by atoms with Gasteiger partial charge in [-0.25, -0.2) is 14.2 Å². The predicted octanol–water partition coefficient (Wildman–Crippen LogP) is 2.81. The normalized spacial score (nSPS) is 10.0. The minimum atomic E-state index is -0.435. The highest BCUT2D eigenvalue weighted by Gasteiger charge is 2.10. The van der Waals surface area contributed by atoms with Crippen molar-refractivity contribution in [1.82, 2.24) is 4.98 Å². The highest BCUT2D eigenvalue weighted by Crippen LogP contribution is 2.23. The number of ether oxygens (including phenoxy) is 1. The Morgan fingerprint density at radius 2 is 2.35 bits per heavy atom. The molecule has 0 spiro atoms. The number of esters is 1. The summed E-state index contributed by atoms with van der Waals surface area (Å²) in [6.45, 7) is 0. The van der Waals surface area contributed by atoms with Crippen molar-refractivity contribution in [1.29, 1.82) is 0 Å². The molecule has 6 heteroatoms. The Morgan fingerprint density at radius 3 is 3.06 bits per heavy atom. The average Bonchev–Trinajstić information content (AvgIpc) is 2.76. The SMILES string of the molecule is COC(=O)c1cnc(Nc2cccc(F)c2)s1. The maximum atomic E-state index is 12.9. The number of aromatic nitrogens is 1. The van der Waals surface area contributed by atoms with Crippen molar-refractivity contribution in [3.05, 3.63) is 41.2 Å². The van der Waals surface area contributed by atoms with E-state index in [0.29, 0.717) is 15.7 Å². The van der Waals surface area contributed by atoms with E-state index >= 15 is 0 Å². The summed E-state index contributed by atoms with van der Waals surface area (Å²) >= 11 is 1.15. The van der Waals surface area contributed by atoms with E-state index in [4.69, 9.17) is 0 Å². The van der Waals surface area contributed by atoms with E-state index in [9.17, 15) is 9.18 Å². The fourth-order valence-corrected chi connectivity index (χ4v) is 1.97. The molecule has 1 N–H and O–H groups in total. The molecule has 0 saturated heterocycles. The van der Waals surface area contributed by atoms with Crippen molar-refractivity contribution in [3.8, 4) is 0 Å². The number of methoxy groups -OCH3 is 1. The molecule has 1 aromatic carbocycles. The number of benzene rings is 1. The monoisotopic (exact) mass is 252 g/mol. The quantitative estimate of drug-likeness (QED) is 0.853. The number of anilines is 2. The molecule has 2 aromatic rings. The van der Waals surface area contributed by atoms with Gasteiger partial charge in [-0.3, -0.25) is 0 Å². The smallest absolute Gasteiger partial charge is 0.349 e. The van der Waals surface area contributed by atoms with E-state index in [-0.39, 0.29) is 5.82 Å². The summed E-state index contributed by atoms with van der Waals surface area (Å²) in [5.74, 6) is -0.769. The molecule has 0 unspecified atom stereocenters. The number of hydrogen-bond acceptors (Lipinski definition) is 5. The molecule has 4 nitrogen and oxygen atoms in total. The molecular weight excluding hydrogens is 243 g/mol. The van der Waals surface area contributed by atoms with Gasteiger partial charge in [0.15, 0.2) is 5.13 Å². The number of halogens is 1. The predicted molar refractivity (Wildman–Crippen MR) is 63.1 cm³/mol. The van der Waals surface area contributed by atoms with Crippen molar-refractivity contribution in [2.45, 2.75) is 0 Å². The van der Waals surface area contributed by atoms with E-state index in [0.717, 1.165) is 11.3 Å². The fourth-order valence-electron chi connectivity index (χ4n) is 1.22. The second kappa shape index (κ2) is 4.92. The molecular formula is C11H9FN2O2S. The maximum Gasteiger partial charge on any atom is 0.349 e. The molecule has 0 fully saturated rings. The lowest BCUT2D eigenvalue weighted by molar-refractivity contribution is 0.0606. The second-order valence-corrected chi connectivity index (χ2v) is 4.19. The molecule has 0 amide bonds. The largest absolute Gasteiger partial charge is 0.465 e. The third-order valence-corrected chi connectivity index (χ3v) is 2.86. The van der Waals surface area contributed by atoms with Crippen LogP contribution in [0.1, 0.15) is 9.67 Å². The zero-order valence-corrected chi connectivity index (χ0v) is 9.75. The van der Waals surface area contributed by atoms with Crippen LogP contribution < -0.4 is 5.32 Å². The Bertz CT molecular complexity index is 542. The minimum absolute atomic E-state index is 0.334. The molecule has 0 atom stereocenters. The lowest BCUT2D eigenvalue weighted by Crippen LogP contribution is -1.96. The molecule has 0 saturated carbocycles. The number of rotatable bonds is 3. The summed E-state index contributed by atoms with van der Waals surface area (Å²) in [4.78, 5) is 15.6. The van der Waals surface area contributed by atoms with Crippen LogP contribution in [0.25, 0.3) is 0 Å². The molecule has 0 bridgehead atoms. The molecule has 2 rings (SSSR count). The van der Waals surface area contributed by atoms with E-state index in [1.165, 1.54) is 25.4 Å². The molecule has 0 aliphatic carbocycles. The van der Waals surface area contributed by atoms with Crippen LogP contribution in [-0.2, 0) is 4.74 Å². The van der Waals surface area contributed by atoms with Gasteiger partial charge in [0.2, 0.25) is 0 Å². The number of thiazole rings is 1. The zero-order chi connectivity index (χ0) is 12.3. The molecule has 1 heterocycles. The third-order valence-electron chi connectivity index (χ3n) is 1.97. The van der Waals surface area contributed by atoms with Crippen LogP contribution in [0.15, 0.2) is 30.5 Å². The number of hydrogen-bond donors (Lipinski definition) is 1. The Kier molecular flexibility index (Phi) is 3.34. The Labute approximate surface area is 101 Å². The highest BCUT2D eigenvalue weighted by atomic mass is 32.1. The van der Waals surface area contributed by atoms with E-state index in [1.54, 1.807) is 12.1 Å². The standard InChI is InChI=1S/C11H9FN2O2S/c1-16-10(15)9-6-13-11(17-9)14-8-4-2-3-7(12)5-8/h2-6H,1H3,(H,13,14). The second-order valence-electron chi connectivity index (χ2n) is 3.16. The summed E-state index contributed by atoms with van der Waals surface area (Å²) in [7, 11) is 1.31. The van der Waals surface area contributed by atoms with Crippen LogP contribution in [0.4, 0.5) is 15.2 Å². The van der Waals surface area contributed by atoms with Gasteiger partial charge in [0, 0.05) is 5.69 Å². The van der Waals surface area contributed by atoms with Gasteiger partial charge in [0.25, 0.3) is 0 Å². The first-order valence-corrected chi connectivity index (χ1v) is 5.57. The number of nitrogens with zero attached hydrogens (tertiary/aromatic N) is 1. The molecule has 0 radical (unpaired) electrons. The van der Waals surface area contributed by atoms with E-state index < -0.39 is 5.97 Å². The highest BCUT2D eigenvalue weighted by molar-refractivity contribution is 7.17.